The Hall–Kier alpha value is -3.15. The lowest BCUT2D eigenvalue weighted by Crippen LogP contribution is -2.35. The minimum Gasteiger partial charge on any atom is -0.265 e. The summed E-state index contributed by atoms with van der Waals surface area (Å²) >= 11 is 0. The average Bonchev–Trinajstić information content (AvgIpc) is 3.23. The maximum Gasteiger partial charge on any atom is 0.358 e. The minimum absolute atomic E-state index is 0.918. The third-order valence-electron chi connectivity index (χ3n) is 5.78. The molecule has 2 aromatic carbocycles. The second-order valence-corrected chi connectivity index (χ2v) is 7.43. The molecule has 0 N–H and O–H groups in total. The summed E-state index contributed by atoms with van der Waals surface area (Å²) in [6.07, 6.45) is 0. The van der Waals surface area contributed by atoms with Gasteiger partial charge in [0.15, 0.2) is 0 Å². The van der Waals surface area contributed by atoms with Gasteiger partial charge in [-0.15, -0.1) is 4.68 Å². The van der Waals surface area contributed by atoms with Gasteiger partial charge in [0, 0.05) is 6.92 Å². The molecule has 0 spiro atoms. The Morgan fingerprint density at radius 1 is 0.926 bits per heavy atom. The summed E-state index contributed by atoms with van der Waals surface area (Å²) in [5.74, 6) is 2.88. The van der Waals surface area contributed by atoms with E-state index in [2.05, 4.69) is 76.8 Å². The number of imidazole rings is 2. The number of hydrogen-bond donors (Lipinski definition) is 0. The Balaban J connectivity index is 2.11. The number of aromatic nitrogens is 6. The van der Waals surface area contributed by atoms with Crippen molar-refractivity contribution in [3.8, 4) is 5.95 Å². The Kier molecular flexibility index (Phi) is 3.09. The molecule has 0 amide bonds. The largest absolute Gasteiger partial charge is 0.358 e. The molecule has 0 unspecified atom stereocenters. The average molecular weight is 359 g/mol. The van der Waals surface area contributed by atoms with E-state index >= 15 is 0 Å². The second-order valence-electron chi connectivity index (χ2n) is 7.43. The maximum atomic E-state index is 5.06. The van der Waals surface area contributed by atoms with Crippen LogP contribution in [0.3, 0.4) is 0 Å². The highest BCUT2D eigenvalue weighted by atomic mass is 15.5. The van der Waals surface area contributed by atoms with Gasteiger partial charge >= 0.3 is 5.95 Å². The number of benzene rings is 2. The van der Waals surface area contributed by atoms with Crippen LogP contribution in [0.25, 0.3) is 33.8 Å². The van der Waals surface area contributed by atoms with Crippen LogP contribution in [0, 0.1) is 27.7 Å². The first-order valence-corrected chi connectivity index (χ1v) is 9.18. The van der Waals surface area contributed by atoms with Crippen molar-refractivity contribution in [2.75, 3.05) is 0 Å². The highest BCUT2D eigenvalue weighted by Crippen LogP contribution is 2.32. The van der Waals surface area contributed by atoms with E-state index in [4.69, 9.17) is 4.98 Å². The van der Waals surface area contributed by atoms with Gasteiger partial charge in [-0.25, -0.2) is 9.55 Å². The van der Waals surface area contributed by atoms with E-state index in [1.165, 1.54) is 27.7 Å². The summed E-state index contributed by atoms with van der Waals surface area (Å²) in [4.78, 5) is 5.06. The van der Waals surface area contributed by atoms with E-state index in [1.807, 2.05) is 18.7 Å². The third-order valence-corrected chi connectivity index (χ3v) is 5.78. The Labute approximate surface area is 157 Å². The molecule has 136 valence electrons. The molecule has 0 saturated carbocycles. The second kappa shape index (κ2) is 5.19. The first-order valence-electron chi connectivity index (χ1n) is 9.18. The number of aryl methyl sites for hydroxylation is 5. The van der Waals surface area contributed by atoms with Gasteiger partial charge in [0.2, 0.25) is 5.82 Å². The lowest BCUT2D eigenvalue weighted by atomic mass is 10.1. The maximum absolute atomic E-state index is 5.06. The molecule has 0 fully saturated rings. The van der Waals surface area contributed by atoms with Gasteiger partial charge in [0.25, 0.3) is 5.78 Å². The van der Waals surface area contributed by atoms with Crippen molar-refractivity contribution >= 4 is 27.8 Å². The molecule has 0 radical (unpaired) electrons. The zero-order valence-corrected chi connectivity index (χ0v) is 16.6. The lowest BCUT2D eigenvalue weighted by molar-refractivity contribution is -0.672. The summed E-state index contributed by atoms with van der Waals surface area (Å²) in [5.41, 5.74) is 8.25. The smallest absolute Gasteiger partial charge is 0.265 e. The van der Waals surface area contributed by atoms with Crippen molar-refractivity contribution in [3.63, 3.8) is 0 Å². The van der Waals surface area contributed by atoms with Gasteiger partial charge < -0.3 is 0 Å². The number of para-hydroxylation sites is 1. The number of nitrogens with zero attached hydrogens (tertiary/aromatic N) is 6. The number of rotatable bonds is 1. The van der Waals surface area contributed by atoms with Crippen molar-refractivity contribution in [1.82, 2.24) is 23.7 Å². The zero-order valence-electron chi connectivity index (χ0n) is 16.6. The fourth-order valence-electron chi connectivity index (χ4n) is 4.14. The zero-order chi connectivity index (χ0) is 19.0. The monoisotopic (exact) mass is 359 g/mol. The SMILES string of the molecule is Cc1ccc2c(c1C)n(-c1n(C)nc(C)[n+]1C)c1nc3c(C)cccc3n21. The van der Waals surface area contributed by atoms with Crippen LogP contribution in [0.5, 0.6) is 0 Å². The van der Waals surface area contributed by atoms with E-state index in [9.17, 15) is 0 Å². The van der Waals surface area contributed by atoms with Crippen molar-refractivity contribution in [2.45, 2.75) is 27.7 Å². The molecule has 6 nitrogen and oxygen atoms in total. The summed E-state index contributed by atoms with van der Waals surface area (Å²) in [5, 5.41) is 4.63. The predicted molar refractivity (Wildman–Crippen MR) is 106 cm³/mol. The van der Waals surface area contributed by atoms with Crippen LogP contribution in [0.15, 0.2) is 30.3 Å². The van der Waals surface area contributed by atoms with Gasteiger partial charge in [0.1, 0.15) is 5.52 Å². The molecule has 27 heavy (non-hydrogen) atoms. The van der Waals surface area contributed by atoms with Crippen LogP contribution in [0.4, 0.5) is 0 Å². The molecule has 6 heteroatoms. The number of fused-ring (bicyclic) bond motifs is 5. The molecule has 0 bridgehead atoms. The summed E-state index contributed by atoms with van der Waals surface area (Å²) in [7, 11) is 4.04. The van der Waals surface area contributed by atoms with Gasteiger partial charge in [0.05, 0.1) is 30.6 Å². The number of hydrogen-bond acceptors (Lipinski definition) is 2. The summed E-state index contributed by atoms with van der Waals surface area (Å²) in [6.45, 7) is 8.48. The van der Waals surface area contributed by atoms with E-state index in [1.54, 1.807) is 0 Å². The van der Waals surface area contributed by atoms with Gasteiger partial charge in [-0.05, 0) is 54.7 Å². The normalized spacial score (nSPS) is 12.1. The molecule has 0 aliphatic carbocycles. The van der Waals surface area contributed by atoms with Crippen LogP contribution in [-0.2, 0) is 14.1 Å². The van der Waals surface area contributed by atoms with E-state index in [0.29, 0.717) is 0 Å². The van der Waals surface area contributed by atoms with Crippen LogP contribution in [-0.4, -0.2) is 23.7 Å². The molecular formula is C21H23N6+. The standard InChI is InChI=1S/C21H23N6/c1-12-10-11-17-19(14(12)3)27(21-24(5)15(4)23-25(21)6)20-22-18-13(2)8-7-9-16(18)26(17)20/h7-11H,1-6H3/q+1. The molecule has 0 aliphatic rings. The fourth-order valence-corrected chi connectivity index (χ4v) is 4.14. The van der Waals surface area contributed by atoms with Gasteiger partial charge in [-0.3, -0.25) is 4.40 Å². The van der Waals surface area contributed by atoms with Gasteiger partial charge in [-0.2, -0.15) is 4.57 Å². The molecule has 0 saturated heterocycles. The fraction of sp³-hybridized carbons (Fsp3) is 0.286. The molecule has 3 heterocycles. The minimum atomic E-state index is 0.918. The van der Waals surface area contributed by atoms with Crippen LogP contribution >= 0.6 is 0 Å². The highest BCUT2D eigenvalue weighted by Gasteiger charge is 2.28. The van der Waals surface area contributed by atoms with E-state index in [-0.39, 0.29) is 0 Å². The highest BCUT2D eigenvalue weighted by molar-refractivity contribution is 5.94. The van der Waals surface area contributed by atoms with Crippen LogP contribution in [0.1, 0.15) is 22.5 Å². The topological polar surface area (TPSA) is 43.9 Å². The third kappa shape index (κ3) is 1.92. The van der Waals surface area contributed by atoms with Crippen LogP contribution < -0.4 is 4.57 Å². The molecule has 0 atom stereocenters. The van der Waals surface area contributed by atoms with Crippen molar-refractivity contribution in [2.24, 2.45) is 14.1 Å². The summed E-state index contributed by atoms with van der Waals surface area (Å²) < 4.78 is 8.57. The Morgan fingerprint density at radius 2 is 1.70 bits per heavy atom. The molecular weight excluding hydrogens is 336 g/mol. The Morgan fingerprint density at radius 3 is 2.41 bits per heavy atom. The van der Waals surface area contributed by atoms with E-state index in [0.717, 1.165) is 28.6 Å². The quantitative estimate of drug-likeness (QED) is 0.431. The Bertz CT molecular complexity index is 1380. The molecule has 0 aliphatic heterocycles. The first-order chi connectivity index (χ1) is 12.9. The lowest BCUT2D eigenvalue weighted by Gasteiger charge is -2.05. The van der Waals surface area contributed by atoms with Crippen molar-refractivity contribution in [3.05, 3.63) is 52.8 Å². The first kappa shape index (κ1) is 16.1. The van der Waals surface area contributed by atoms with Crippen molar-refractivity contribution in [1.29, 1.82) is 0 Å². The molecule has 5 rings (SSSR count). The van der Waals surface area contributed by atoms with Gasteiger partial charge in [-0.1, -0.05) is 18.2 Å². The van der Waals surface area contributed by atoms with E-state index < -0.39 is 0 Å². The molecule has 3 aromatic heterocycles. The van der Waals surface area contributed by atoms with Crippen molar-refractivity contribution < 1.29 is 4.57 Å². The summed E-state index contributed by atoms with van der Waals surface area (Å²) in [6, 6.07) is 10.8. The predicted octanol–water partition coefficient (Wildman–Crippen LogP) is 3.22. The molecule has 5 aromatic rings. The van der Waals surface area contributed by atoms with Crippen LogP contribution in [0.2, 0.25) is 0 Å².